The lowest BCUT2D eigenvalue weighted by atomic mass is 10.0. The van der Waals surface area contributed by atoms with Gasteiger partial charge in [-0.2, -0.15) is 0 Å². The lowest BCUT2D eigenvalue weighted by Crippen LogP contribution is -2.08. The number of benzene rings is 2. The lowest BCUT2D eigenvalue weighted by molar-refractivity contribution is 0.0915. The van der Waals surface area contributed by atoms with Gasteiger partial charge in [-0.3, -0.25) is 9.59 Å². The van der Waals surface area contributed by atoms with Crippen molar-refractivity contribution in [1.82, 2.24) is 4.98 Å². The standard InChI is InChI=1S/C26H25BrFNO5/c1-32-13-12-16-4-5-17(15-25(16)34-3)22(30)9-10-23(31)21-8-11-24(33-2)26(29-21)18-6-7-20(28)19(27)14-18/h4-8,11,14-15H,9-10,12-13H2,1-3H3. The molecule has 2 aromatic carbocycles. The van der Waals surface area contributed by atoms with Crippen molar-refractivity contribution in [3.8, 4) is 22.8 Å². The van der Waals surface area contributed by atoms with Crippen LogP contribution in [-0.2, 0) is 11.2 Å². The molecule has 0 amide bonds. The van der Waals surface area contributed by atoms with Crippen molar-refractivity contribution in [2.24, 2.45) is 0 Å². The van der Waals surface area contributed by atoms with Gasteiger partial charge in [0.15, 0.2) is 11.6 Å². The number of hydrogen-bond acceptors (Lipinski definition) is 6. The van der Waals surface area contributed by atoms with Gasteiger partial charge in [-0.15, -0.1) is 0 Å². The molecule has 178 valence electrons. The zero-order valence-electron chi connectivity index (χ0n) is 19.2. The van der Waals surface area contributed by atoms with Crippen LogP contribution in [0, 0.1) is 5.82 Å². The number of ether oxygens (including phenoxy) is 3. The Hall–Kier alpha value is -3.10. The van der Waals surface area contributed by atoms with Crippen molar-refractivity contribution in [1.29, 1.82) is 0 Å². The molecule has 8 heteroatoms. The molecular formula is C26H25BrFNO5. The maximum absolute atomic E-state index is 13.6. The second-order valence-electron chi connectivity index (χ2n) is 7.49. The third-order valence-electron chi connectivity index (χ3n) is 5.32. The summed E-state index contributed by atoms with van der Waals surface area (Å²) in [6.45, 7) is 0.546. The molecule has 0 aliphatic carbocycles. The van der Waals surface area contributed by atoms with Gasteiger partial charge in [0, 0.05) is 31.1 Å². The van der Waals surface area contributed by atoms with Crippen LogP contribution in [0.1, 0.15) is 39.3 Å². The molecule has 0 N–H and O–H groups in total. The summed E-state index contributed by atoms with van der Waals surface area (Å²) in [6, 6.07) is 12.9. The molecule has 1 heterocycles. The van der Waals surface area contributed by atoms with Crippen LogP contribution in [0.5, 0.6) is 11.5 Å². The fourth-order valence-electron chi connectivity index (χ4n) is 3.45. The minimum Gasteiger partial charge on any atom is -0.496 e. The van der Waals surface area contributed by atoms with E-state index in [1.54, 1.807) is 50.6 Å². The molecule has 0 atom stereocenters. The highest BCUT2D eigenvalue weighted by atomic mass is 79.9. The van der Waals surface area contributed by atoms with Crippen LogP contribution >= 0.6 is 15.9 Å². The van der Waals surface area contributed by atoms with E-state index in [-0.39, 0.29) is 34.6 Å². The molecule has 34 heavy (non-hydrogen) atoms. The Morgan fingerprint density at radius 2 is 1.65 bits per heavy atom. The molecule has 3 rings (SSSR count). The van der Waals surface area contributed by atoms with Gasteiger partial charge in [0.05, 0.1) is 25.3 Å². The van der Waals surface area contributed by atoms with E-state index < -0.39 is 5.82 Å². The number of Topliss-reactive ketones (excluding diaryl/α,β-unsaturated/α-hetero) is 2. The first kappa shape index (κ1) is 25.5. The number of hydrogen-bond donors (Lipinski definition) is 0. The summed E-state index contributed by atoms with van der Waals surface area (Å²) in [4.78, 5) is 30.0. The molecule has 0 aliphatic rings. The average molecular weight is 530 g/mol. The minimum atomic E-state index is -0.406. The van der Waals surface area contributed by atoms with E-state index in [1.165, 1.54) is 13.2 Å². The van der Waals surface area contributed by atoms with Crippen molar-refractivity contribution in [3.05, 3.63) is 75.6 Å². The SMILES string of the molecule is COCCc1ccc(C(=O)CCC(=O)c2ccc(OC)c(-c3ccc(F)c(Br)c3)n2)cc1OC. The van der Waals surface area contributed by atoms with Gasteiger partial charge in [0.25, 0.3) is 0 Å². The summed E-state index contributed by atoms with van der Waals surface area (Å²) < 4.78 is 29.8. The first-order valence-corrected chi connectivity index (χ1v) is 11.4. The van der Waals surface area contributed by atoms with E-state index in [1.807, 2.05) is 6.07 Å². The van der Waals surface area contributed by atoms with Gasteiger partial charge in [-0.1, -0.05) is 12.1 Å². The van der Waals surface area contributed by atoms with Crippen molar-refractivity contribution < 1.29 is 28.2 Å². The molecule has 0 saturated heterocycles. The Labute approximate surface area is 206 Å². The Morgan fingerprint density at radius 1 is 0.912 bits per heavy atom. The zero-order valence-corrected chi connectivity index (χ0v) is 20.8. The maximum atomic E-state index is 13.6. The molecule has 0 unspecified atom stereocenters. The number of rotatable bonds is 11. The van der Waals surface area contributed by atoms with Crippen LogP contribution in [0.15, 0.2) is 53.0 Å². The summed E-state index contributed by atoms with van der Waals surface area (Å²) in [5.74, 6) is 0.216. The van der Waals surface area contributed by atoms with Gasteiger partial charge in [-0.05, 0) is 64.3 Å². The molecule has 0 saturated carbocycles. The van der Waals surface area contributed by atoms with Crippen molar-refractivity contribution in [2.45, 2.75) is 19.3 Å². The zero-order chi connectivity index (χ0) is 24.7. The topological polar surface area (TPSA) is 74.7 Å². The maximum Gasteiger partial charge on any atom is 0.181 e. The van der Waals surface area contributed by atoms with Crippen molar-refractivity contribution in [3.63, 3.8) is 0 Å². The van der Waals surface area contributed by atoms with E-state index in [4.69, 9.17) is 14.2 Å². The normalized spacial score (nSPS) is 10.7. The number of ketones is 2. The van der Waals surface area contributed by atoms with Gasteiger partial charge < -0.3 is 14.2 Å². The lowest BCUT2D eigenvalue weighted by Gasteiger charge is -2.11. The fourth-order valence-corrected chi connectivity index (χ4v) is 3.83. The Bertz CT molecular complexity index is 1200. The van der Waals surface area contributed by atoms with E-state index >= 15 is 0 Å². The smallest absolute Gasteiger partial charge is 0.181 e. The number of pyridine rings is 1. The van der Waals surface area contributed by atoms with Gasteiger partial charge in [0.1, 0.15) is 28.7 Å². The number of aromatic nitrogens is 1. The highest BCUT2D eigenvalue weighted by Gasteiger charge is 2.17. The summed E-state index contributed by atoms with van der Waals surface area (Å²) in [5, 5.41) is 0. The van der Waals surface area contributed by atoms with E-state index in [0.717, 1.165) is 5.56 Å². The second kappa shape index (κ2) is 11.9. The third-order valence-corrected chi connectivity index (χ3v) is 5.93. The average Bonchev–Trinajstić information content (AvgIpc) is 2.86. The first-order chi connectivity index (χ1) is 16.4. The first-order valence-electron chi connectivity index (χ1n) is 10.6. The van der Waals surface area contributed by atoms with E-state index in [2.05, 4.69) is 20.9 Å². The molecule has 0 bridgehead atoms. The van der Waals surface area contributed by atoms with Crippen LogP contribution in [0.4, 0.5) is 4.39 Å². The minimum absolute atomic E-state index is 0.00153. The Balaban J connectivity index is 1.74. The van der Waals surface area contributed by atoms with Gasteiger partial charge in [-0.25, -0.2) is 9.37 Å². The Kier molecular flexibility index (Phi) is 8.90. The molecule has 0 spiro atoms. The predicted molar refractivity (Wildman–Crippen MR) is 130 cm³/mol. The summed E-state index contributed by atoms with van der Waals surface area (Å²) in [5.41, 5.74) is 2.63. The highest BCUT2D eigenvalue weighted by molar-refractivity contribution is 9.10. The van der Waals surface area contributed by atoms with Crippen molar-refractivity contribution >= 4 is 27.5 Å². The second-order valence-corrected chi connectivity index (χ2v) is 8.35. The van der Waals surface area contributed by atoms with Crippen LogP contribution < -0.4 is 9.47 Å². The molecule has 1 aromatic heterocycles. The van der Waals surface area contributed by atoms with Crippen LogP contribution in [0.3, 0.4) is 0 Å². The largest absolute Gasteiger partial charge is 0.496 e. The highest BCUT2D eigenvalue weighted by Crippen LogP contribution is 2.31. The summed E-state index contributed by atoms with van der Waals surface area (Å²) >= 11 is 3.16. The number of halogens is 2. The van der Waals surface area contributed by atoms with Crippen LogP contribution in [-0.4, -0.2) is 44.5 Å². The molecule has 0 radical (unpaired) electrons. The number of methoxy groups -OCH3 is 3. The van der Waals surface area contributed by atoms with Crippen LogP contribution in [0.2, 0.25) is 0 Å². The van der Waals surface area contributed by atoms with Gasteiger partial charge >= 0.3 is 0 Å². The summed E-state index contributed by atoms with van der Waals surface area (Å²) in [6.07, 6.45) is 0.700. The molecule has 0 fully saturated rings. The molecule has 6 nitrogen and oxygen atoms in total. The number of carbonyl (C=O) groups excluding carboxylic acids is 2. The van der Waals surface area contributed by atoms with E-state index in [9.17, 15) is 14.0 Å². The molecular weight excluding hydrogens is 505 g/mol. The quantitative estimate of drug-likeness (QED) is 0.296. The van der Waals surface area contributed by atoms with Crippen molar-refractivity contribution in [2.75, 3.05) is 27.9 Å². The van der Waals surface area contributed by atoms with E-state index in [0.29, 0.717) is 41.3 Å². The Morgan fingerprint density at radius 3 is 2.32 bits per heavy atom. The summed E-state index contributed by atoms with van der Waals surface area (Å²) in [7, 11) is 4.67. The third kappa shape index (κ3) is 6.07. The molecule has 3 aromatic rings. The number of nitrogens with zero attached hydrogens (tertiary/aromatic N) is 1. The number of carbonyl (C=O) groups is 2. The molecule has 0 aliphatic heterocycles. The van der Waals surface area contributed by atoms with Crippen LogP contribution in [0.25, 0.3) is 11.3 Å². The predicted octanol–water partition coefficient (Wildman–Crippen LogP) is 5.70. The monoisotopic (exact) mass is 529 g/mol. The fraction of sp³-hybridized carbons (Fsp3) is 0.269. The van der Waals surface area contributed by atoms with Gasteiger partial charge in [0.2, 0.25) is 0 Å².